The Morgan fingerprint density at radius 2 is 1.50 bits per heavy atom. The van der Waals surface area contributed by atoms with E-state index in [4.69, 9.17) is 9.47 Å². The maximum atomic E-state index is 13.9. The third-order valence-electron chi connectivity index (χ3n) is 8.27. The highest BCUT2D eigenvalue weighted by Gasteiger charge is 2.35. The van der Waals surface area contributed by atoms with Gasteiger partial charge in [0.2, 0.25) is 23.0 Å². The highest BCUT2D eigenvalue weighted by atomic mass is 16.5. The van der Waals surface area contributed by atoms with Crippen molar-refractivity contribution in [3.05, 3.63) is 107 Å². The first kappa shape index (κ1) is 26.1. The largest absolute Gasteiger partial charge is 0.871 e. The maximum absolute atomic E-state index is 13.9. The van der Waals surface area contributed by atoms with Gasteiger partial charge in [0.25, 0.3) is 0 Å². The van der Waals surface area contributed by atoms with Crippen LogP contribution < -0.4 is 10.5 Å². The molecule has 0 unspecified atom stereocenters. The molecule has 5 aromatic rings. The third-order valence-corrected chi connectivity index (χ3v) is 8.27. The molecule has 0 fully saturated rings. The lowest BCUT2D eigenvalue weighted by atomic mass is 10.0. The van der Waals surface area contributed by atoms with Gasteiger partial charge in [-0.3, -0.25) is 9.59 Å². The maximum Gasteiger partial charge on any atom is 0.233 e. The van der Waals surface area contributed by atoms with Crippen LogP contribution in [0.1, 0.15) is 5.56 Å². The third kappa shape index (κ3) is 3.85. The van der Waals surface area contributed by atoms with Crippen molar-refractivity contribution in [2.75, 3.05) is 34.0 Å². The molecular weight excluding hydrogens is 528 g/mol. The zero-order chi connectivity index (χ0) is 29.0. The molecule has 0 N–H and O–H groups in total. The summed E-state index contributed by atoms with van der Waals surface area (Å²) in [5.41, 5.74) is 3.34. The Morgan fingerprint density at radius 1 is 0.810 bits per heavy atom. The number of benzene rings is 4. The number of allylic oxidation sites excluding steroid dienone is 3. The van der Waals surface area contributed by atoms with Crippen molar-refractivity contribution in [2.45, 2.75) is 6.54 Å². The summed E-state index contributed by atoms with van der Waals surface area (Å²) in [6, 6.07) is 24.0. The number of methoxy groups -OCH3 is 2. The second-order valence-electron chi connectivity index (χ2n) is 10.5. The highest BCUT2D eigenvalue weighted by Crippen LogP contribution is 2.36. The number of nitrogens with zero attached hydrogens (tertiary/aromatic N) is 2. The lowest BCUT2D eigenvalue weighted by molar-refractivity contribution is -0.439. The van der Waals surface area contributed by atoms with Crippen molar-refractivity contribution < 1.29 is 28.7 Å². The zero-order valence-corrected chi connectivity index (χ0v) is 23.3. The van der Waals surface area contributed by atoms with E-state index in [1.165, 1.54) is 0 Å². The summed E-state index contributed by atoms with van der Waals surface area (Å²) >= 11 is 0. The average Bonchev–Trinajstić information content (AvgIpc) is 3.56. The van der Waals surface area contributed by atoms with Crippen LogP contribution in [0.3, 0.4) is 0 Å². The second kappa shape index (κ2) is 10.2. The number of rotatable bonds is 8. The van der Waals surface area contributed by atoms with Crippen LogP contribution in [-0.4, -0.2) is 60.4 Å². The van der Waals surface area contributed by atoms with Crippen LogP contribution in [0.25, 0.3) is 38.5 Å². The molecule has 0 atom stereocenters. The van der Waals surface area contributed by atoms with Gasteiger partial charge in [-0.25, -0.2) is 0 Å². The molecule has 1 aliphatic carbocycles. The van der Waals surface area contributed by atoms with Gasteiger partial charge in [-0.1, -0.05) is 60.4 Å². The summed E-state index contributed by atoms with van der Waals surface area (Å²) in [6.45, 7) is 1.95. The number of hydrogen-bond acceptors (Lipinski definition) is 5. The van der Waals surface area contributed by atoms with Crippen LogP contribution in [0.4, 0.5) is 5.69 Å². The molecular formula is C35H28N2O5. The van der Waals surface area contributed by atoms with Gasteiger partial charge in [0.1, 0.15) is 6.61 Å². The summed E-state index contributed by atoms with van der Waals surface area (Å²) in [7, 11) is 3.27. The normalized spacial score (nSPS) is 16.6. The van der Waals surface area contributed by atoms with Crippen LogP contribution in [-0.2, 0) is 25.6 Å². The molecule has 0 spiro atoms. The van der Waals surface area contributed by atoms with Crippen molar-refractivity contribution in [1.82, 2.24) is 4.57 Å². The van der Waals surface area contributed by atoms with Crippen molar-refractivity contribution in [1.29, 1.82) is 0 Å². The van der Waals surface area contributed by atoms with Crippen LogP contribution in [0.5, 0.6) is 0 Å². The van der Waals surface area contributed by atoms with E-state index in [1.54, 1.807) is 26.4 Å². The number of carbonyl (C=O) groups is 2. The Hall–Kier alpha value is -4.85. The minimum atomic E-state index is -0.786. The number of Topliss-reactive ketones (excluding diaryl/α,β-unsaturated/α-hetero) is 2. The molecule has 1 aliphatic heterocycles. The molecule has 0 bridgehead atoms. The lowest BCUT2D eigenvalue weighted by Crippen LogP contribution is -2.21. The minimum Gasteiger partial charge on any atom is -0.871 e. The van der Waals surface area contributed by atoms with Gasteiger partial charge in [0.05, 0.1) is 17.6 Å². The van der Waals surface area contributed by atoms with E-state index >= 15 is 0 Å². The van der Waals surface area contributed by atoms with Gasteiger partial charge in [-0.15, -0.1) is 0 Å². The minimum absolute atomic E-state index is 0.119. The van der Waals surface area contributed by atoms with Crippen LogP contribution >= 0.6 is 0 Å². The molecule has 1 aromatic heterocycles. The predicted octanol–water partition coefficient (Wildman–Crippen LogP) is 3.58. The smallest absolute Gasteiger partial charge is 0.233 e. The molecule has 42 heavy (non-hydrogen) atoms. The first-order chi connectivity index (χ1) is 20.5. The Balaban J connectivity index is 1.44. The van der Waals surface area contributed by atoms with E-state index in [0.29, 0.717) is 37.4 Å². The molecule has 7 heteroatoms. The quantitative estimate of drug-likeness (QED) is 0.166. The van der Waals surface area contributed by atoms with Crippen LogP contribution in [0, 0.1) is 0 Å². The summed E-state index contributed by atoms with van der Waals surface area (Å²) in [5, 5.41) is 19.7. The Morgan fingerprint density at radius 3 is 2.26 bits per heavy atom. The fourth-order valence-corrected chi connectivity index (χ4v) is 6.36. The number of aromatic nitrogens is 1. The topological polar surface area (TPSA) is 83.6 Å². The van der Waals surface area contributed by atoms with E-state index in [-0.39, 0.29) is 11.1 Å². The molecule has 208 valence electrons. The lowest BCUT2D eigenvalue weighted by Gasteiger charge is -2.10. The molecule has 0 amide bonds. The number of ether oxygens (including phenoxy) is 2. The van der Waals surface area contributed by atoms with Gasteiger partial charge < -0.3 is 19.1 Å². The molecule has 7 nitrogen and oxygen atoms in total. The van der Waals surface area contributed by atoms with E-state index in [9.17, 15) is 14.7 Å². The number of carbonyl (C=O) groups excluding carboxylic acids is 2. The van der Waals surface area contributed by atoms with Gasteiger partial charge in [-0.2, -0.15) is 4.58 Å². The Bertz CT molecular complexity index is 2100. The first-order valence-electron chi connectivity index (χ1n) is 13.9. The predicted molar refractivity (Wildman–Crippen MR) is 161 cm³/mol. The fraction of sp³-hybridized carbons (Fsp3) is 0.171. The highest BCUT2D eigenvalue weighted by molar-refractivity contribution is 6.55. The van der Waals surface area contributed by atoms with Gasteiger partial charge in [0, 0.05) is 65.7 Å². The van der Waals surface area contributed by atoms with Gasteiger partial charge in [-0.05, 0) is 29.0 Å². The van der Waals surface area contributed by atoms with Gasteiger partial charge in [0.15, 0.2) is 6.54 Å². The summed E-state index contributed by atoms with van der Waals surface area (Å²) in [5.74, 6) is -2.13. The van der Waals surface area contributed by atoms with E-state index < -0.39 is 17.3 Å². The summed E-state index contributed by atoms with van der Waals surface area (Å²) in [4.78, 5) is 26.8. The molecule has 2 heterocycles. The number of ketones is 2. The average molecular weight is 557 g/mol. The van der Waals surface area contributed by atoms with Crippen molar-refractivity contribution in [2.24, 2.45) is 0 Å². The van der Waals surface area contributed by atoms with E-state index in [0.717, 1.165) is 43.7 Å². The SMILES string of the molecule is COCCn1/c(=C/C2=C([O-])C(=C/C3=[N+](CCOC)c4cccc5cccc3c45)/C(=O)C2=O)c2cccc3cccc1c32. The van der Waals surface area contributed by atoms with E-state index in [2.05, 4.69) is 9.14 Å². The zero-order valence-electron chi connectivity index (χ0n) is 23.3. The molecule has 7 rings (SSSR count). The second-order valence-corrected chi connectivity index (χ2v) is 10.5. The van der Waals surface area contributed by atoms with Crippen molar-refractivity contribution >= 4 is 61.5 Å². The molecule has 0 radical (unpaired) electrons. The Kier molecular flexibility index (Phi) is 6.34. The first-order valence-corrected chi connectivity index (χ1v) is 13.9. The van der Waals surface area contributed by atoms with Gasteiger partial charge >= 0.3 is 0 Å². The van der Waals surface area contributed by atoms with Crippen molar-refractivity contribution in [3.8, 4) is 0 Å². The van der Waals surface area contributed by atoms with Crippen LogP contribution in [0.15, 0.2) is 95.8 Å². The van der Waals surface area contributed by atoms with Crippen molar-refractivity contribution in [3.63, 3.8) is 0 Å². The molecule has 0 saturated heterocycles. The van der Waals surface area contributed by atoms with E-state index in [1.807, 2.05) is 72.8 Å². The monoisotopic (exact) mass is 556 g/mol. The standard InChI is InChI=1S/C35H28N2O5/c1-41-17-15-36-27-13-5-9-21-7-3-11-23(31(21)27)29(36)19-25-33(38)26(35(40)34(25)39)20-30-24-12-4-8-22-10-6-14-28(32(22)24)37(30)16-18-42-2/h3-14,19-20H,15-18H2,1-2H3. The molecule has 2 aliphatic rings. The summed E-state index contributed by atoms with van der Waals surface area (Å²) < 4.78 is 14.8. The molecule has 4 aromatic carbocycles. The number of hydrogen-bond donors (Lipinski definition) is 0. The Labute approximate surface area is 241 Å². The summed E-state index contributed by atoms with van der Waals surface area (Å²) in [6.07, 6.45) is 3.18. The van der Waals surface area contributed by atoms with Crippen LogP contribution in [0.2, 0.25) is 0 Å². The molecule has 0 saturated carbocycles. The fourth-order valence-electron chi connectivity index (χ4n) is 6.36.